The highest BCUT2D eigenvalue weighted by Crippen LogP contribution is 2.20. The van der Waals surface area contributed by atoms with Crippen molar-refractivity contribution < 1.29 is 24.5 Å². The summed E-state index contributed by atoms with van der Waals surface area (Å²) in [5.41, 5.74) is 0. The number of hydrogen-bond donors (Lipinski definition) is 3. The minimum atomic E-state index is -0.838. The molecule has 0 aromatic heterocycles. The summed E-state index contributed by atoms with van der Waals surface area (Å²) in [6.07, 6.45) is 96.0. The highest BCUT2D eigenvalue weighted by molar-refractivity contribution is 5.76. The molecule has 0 aliphatic rings. The molecular formula is C79H153NO5. The summed E-state index contributed by atoms with van der Waals surface area (Å²) < 4.78 is 5.51. The summed E-state index contributed by atoms with van der Waals surface area (Å²) in [5.74, 6) is -0.0390. The van der Waals surface area contributed by atoms with Crippen molar-refractivity contribution >= 4 is 11.9 Å². The number of aliphatic hydroxyl groups is 2. The Kier molecular flexibility index (Phi) is 73.3. The predicted molar refractivity (Wildman–Crippen MR) is 375 cm³/mol. The maximum absolute atomic E-state index is 12.5. The number of allylic oxidation sites excluding steroid dienone is 3. The van der Waals surface area contributed by atoms with E-state index < -0.39 is 12.1 Å². The SMILES string of the molecule is CCCCCCCC/C=C\CCCCCCCCCC(=O)OCCCCCCCCCCCCCCCCCCCCCCCCCCCCCCCCCCCCCCCCCC(=O)NC(CO)C(O)/C=C/CCCCCCCCCCCC. The fraction of sp³-hybridized carbons (Fsp3) is 0.924. The Morgan fingerprint density at radius 1 is 0.318 bits per heavy atom. The molecule has 0 bridgehead atoms. The van der Waals surface area contributed by atoms with Crippen molar-refractivity contribution in [3.63, 3.8) is 0 Å². The molecule has 0 saturated heterocycles. The standard InChI is InChI=1S/C79H153NO5/c1-3-5-7-9-11-13-15-17-18-42-46-49-53-57-61-65-69-73-79(84)85-74-70-66-62-58-54-50-47-44-41-39-37-35-33-31-29-27-25-23-21-19-20-22-24-26-28-30-32-34-36-38-40-43-45-48-52-56-60-64-68-72-78(83)80-76(75-81)77(82)71-67-63-59-55-51-16-14-12-10-8-6-4-2/h17-18,67,71,76-77,81-82H,3-16,19-66,68-70,72-75H2,1-2H3,(H,80,83)/b18-17-,71-67+. The monoisotopic (exact) mass is 1200 g/mol. The highest BCUT2D eigenvalue weighted by atomic mass is 16.5. The number of ether oxygens (including phenoxy) is 1. The molecule has 1 amide bonds. The molecule has 0 radical (unpaired) electrons. The molecule has 0 spiro atoms. The fourth-order valence-corrected chi connectivity index (χ4v) is 12.5. The molecule has 0 fully saturated rings. The van der Waals surface area contributed by atoms with Gasteiger partial charge in [-0.25, -0.2) is 0 Å². The van der Waals surface area contributed by atoms with Crippen LogP contribution in [-0.2, 0) is 14.3 Å². The molecule has 6 heteroatoms. The fourth-order valence-electron chi connectivity index (χ4n) is 12.5. The van der Waals surface area contributed by atoms with Crippen molar-refractivity contribution in [3.8, 4) is 0 Å². The molecule has 3 N–H and O–H groups in total. The lowest BCUT2D eigenvalue weighted by Gasteiger charge is -2.20. The Balaban J connectivity index is 3.28. The smallest absolute Gasteiger partial charge is 0.305 e. The zero-order valence-electron chi connectivity index (χ0n) is 57.9. The van der Waals surface area contributed by atoms with Gasteiger partial charge in [-0.3, -0.25) is 9.59 Å². The van der Waals surface area contributed by atoms with Gasteiger partial charge in [0.1, 0.15) is 0 Å². The minimum absolute atomic E-state index is 0.0213. The van der Waals surface area contributed by atoms with Crippen LogP contribution in [0.25, 0.3) is 0 Å². The summed E-state index contributed by atoms with van der Waals surface area (Å²) in [7, 11) is 0. The van der Waals surface area contributed by atoms with Gasteiger partial charge in [0.25, 0.3) is 0 Å². The van der Waals surface area contributed by atoms with E-state index in [1.54, 1.807) is 6.08 Å². The van der Waals surface area contributed by atoms with Crippen molar-refractivity contribution in [2.24, 2.45) is 0 Å². The molecule has 85 heavy (non-hydrogen) atoms. The van der Waals surface area contributed by atoms with Crippen LogP contribution in [0.15, 0.2) is 24.3 Å². The van der Waals surface area contributed by atoms with E-state index in [1.165, 1.54) is 379 Å². The van der Waals surface area contributed by atoms with E-state index in [9.17, 15) is 19.8 Å². The first-order valence-corrected chi connectivity index (χ1v) is 39.1. The number of hydrogen-bond acceptors (Lipinski definition) is 5. The van der Waals surface area contributed by atoms with Gasteiger partial charge in [-0.05, 0) is 57.8 Å². The summed E-state index contributed by atoms with van der Waals surface area (Å²) in [6, 6.07) is -0.622. The average Bonchev–Trinajstić information content (AvgIpc) is 3.52. The summed E-state index contributed by atoms with van der Waals surface area (Å²) >= 11 is 0. The quantitative estimate of drug-likeness (QED) is 0.0320. The Labute approximate surface area is 532 Å². The van der Waals surface area contributed by atoms with E-state index in [0.717, 1.165) is 38.5 Å². The molecule has 0 aliphatic carbocycles. The number of rotatable bonds is 74. The first-order chi connectivity index (χ1) is 42.0. The molecule has 2 atom stereocenters. The maximum atomic E-state index is 12.5. The third kappa shape index (κ3) is 71.3. The van der Waals surface area contributed by atoms with Crippen LogP contribution in [0, 0.1) is 0 Å². The number of amides is 1. The van der Waals surface area contributed by atoms with E-state index in [4.69, 9.17) is 4.74 Å². The highest BCUT2D eigenvalue weighted by Gasteiger charge is 2.18. The van der Waals surface area contributed by atoms with Crippen molar-refractivity contribution in [1.82, 2.24) is 5.32 Å². The van der Waals surface area contributed by atoms with Crippen LogP contribution >= 0.6 is 0 Å². The number of carbonyl (C=O) groups is 2. The van der Waals surface area contributed by atoms with Crippen LogP contribution < -0.4 is 5.32 Å². The van der Waals surface area contributed by atoms with E-state index in [2.05, 4.69) is 31.3 Å². The van der Waals surface area contributed by atoms with Crippen molar-refractivity contribution in [2.45, 2.75) is 456 Å². The van der Waals surface area contributed by atoms with Gasteiger partial charge >= 0.3 is 5.97 Å². The molecule has 0 saturated carbocycles. The first-order valence-electron chi connectivity index (χ1n) is 39.1. The second kappa shape index (κ2) is 74.8. The van der Waals surface area contributed by atoms with Crippen LogP contribution in [0.2, 0.25) is 0 Å². The average molecular weight is 1200 g/mol. The van der Waals surface area contributed by atoms with Gasteiger partial charge in [0, 0.05) is 12.8 Å². The molecule has 504 valence electrons. The molecule has 0 aromatic rings. The first kappa shape index (κ1) is 83.3. The third-order valence-electron chi connectivity index (χ3n) is 18.5. The predicted octanol–water partition coefficient (Wildman–Crippen LogP) is 25.7. The Morgan fingerprint density at radius 2 is 0.553 bits per heavy atom. The van der Waals surface area contributed by atoms with Gasteiger partial charge in [-0.2, -0.15) is 0 Å². The van der Waals surface area contributed by atoms with E-state index >= 15 is 0 Å². The number of nitrogens with one attached hydrogen (secondary N) is 1. The largest absolute Gasteiger partial charge is 0.466 e. The van der Waals surface area contributed by atoms with Crippen LogP contribution in [0.5, 0.6) is 0 Å². The number of carbonyl (C=O) groups excluding carboxylic acids is 2. The zero-order valence-corrected chi connectivity index (χ0v) is 57.9. The van der Waals surface area contributed by atoms with Crippen molar-refractivity contribution in [2.75, 3.05) is 13.2 Å². The van der Waals surface area contributed by atoms with Gasteiger partial charge in [0.05, 0.1) is 25.4 Å². The lowest BCUT2D eigenvalue weighted by Crippen LogP contribution is -2.45. The van der Waals surface area contributed by atoms with Crippen LogP contribution in [0.4, 0.5) is 0 Å². The summed E-state index contributed by atoms with van der Waals surface area (Å²) in [4.78, 5) is 24.6. The van der Waals surface area contributed by atoms with Crippen LogP contribution in [0.3, 0.4) is 0 Å². The summed E-state index contributed by atoms with van der Waals surface area (Å²) in [6.45, 7) is 4.93. The lowest BCUT2D eigenvalue weighted by atomic mass is 10.0. The molecular weight excluding hydrogens is 1040 g/mol. The van der Waals surface area contributed by atoms with Gasteiger partial charge in [-0.1, -0.05) is 398 Å². The maximum Gasteiger partial charge on any atom is 0.305 e. The van der Waals surface area contributed by atoms with E-state index in [1.807, 2.05) is 6.08 Å². The second-order valence-electron chi connectivity index (χ2n) is 27.0. The molecule has 0 heterocycles. The van der Waals surface area contributed by atoms with Gasteiger partial charge < -0.3 is 20.3 Å². The van der Waals surface area contributed by atoms with Crippen molar-refractivity contribution in [3.05, 3.63) is 24.3 Å². The zero-order chi connectivity index (χ0) is 61.3. The summed E-state index contributed by atoms with van der Waals surface area (Å²) in [5, 5.41) is 23.1. The molecule has 2 unspecified atom stereocenters. The Morgan fingerprint density at radius 3 is 0.835 bits per heavy atom. The molecule has 0 rings (SSSR count). The Bertz CT molecular complexity index is 1330. The third-order valence-corrected chi connectivity index (χ3v) is 18.5. The molecule has 0 aliphatic heterocycles. The van der Waals surface area contributed by atoms with Crippen LogP contribution in [-0.4, -0.2) is 47.4 Å². The van der Waals surface area contributed by atoms with Crippen molar-refractivity contribution in [1.29, 1.82) is 0 Å². The number of esters is 1. The number of unbranched alkanes of at least 4 members (excludes halogenated alkanes) is 61. The van der Waals surface area contributed by atoms with Crippen LogP contribution in [0.1, 0.15) is 444 Å². The van der Waals surface area contributed by atoms with E-state index in [0.29, 0.717) is 19.4 Å². The lowest BCUT2D eigenvalue weighted by molar-refractivity contribution is -0.143. The van der Waals surface area contributed by atoms with Gasteiger partial charge in [-0.15, -0.1) is 0 Å². The molecule has 0 aromatic carbocycles. The Hall–Kier alpha value is -1.66. The normalized spacial score (nSPS) is 12.6. The van der Waals surface area contributed by atoms with E-state index in [-0.39, 0.29) is 18.5 Å². The minimum Gasteiger partial charge on any atom is -0.466 e. The van der Waals surface area contributed by atoms with Gasteiger partial charge in [0.15, 0.2) is 0 Å². The van der Waals surface area contributed by atoms with Gasteiger partial charge in [0.2, 0.25) is 5.91 Å². The molecule has 6 nitrogen and oxygen atoms in total. The topological polar surface area (TPSA) is 95.9 Å². The second-order valence-corrected chi connectivity index (χ2v) is 27.0. The number of aliphatic hydroxyl groups excluding tert-OH is 2.